The quantitative estimate of drug-likeness (QED) is 0.815. The Morgan fingerprint density at radius 2 is 2.12 bits per heavy atom. The minimum absolute atomic E-state index is 0.0915. The third kappa shape index (κ3) is 3.18. The number of hydrogen-bond acceptors (Lipinski definition) is 4. The van der Waals surface area contributed by atoms with Crippen molar-refractivity contribution in [1.29, 1.82) is 0 Å². The van der Waals surface area contributed by atoms with Gasteiger partial charge >= 0.3 is 0 Å². The van der Waals surface area contributed by atoms with Gasteiger partial charge in [0.2, 0.25) is 5.91 Å². The molecule has 0 radical (unpaired) electrons. The van der Waals surface area contributed by atoms with Gasteiger partial charge in [-0.2, -0.15) is 0 Å². The van der Waals surface area contributed by atoms with E-state index in [9.17, 15) is 9.59 Å². The smallest absolute Gasteiger partial charge is 0.254 e. The molecule has 0 saturated carbocycles. The summed E-state index contributed by atoms with van der Waals surface area (Å²) in [5.41, 5.74) is 0.434. The van der Waals surface area contributed by atoms with Crippen LogP contribution in [0.1, 0.15) is 54.3 Å². The SMILES string of the molecule is CCc1cc(C(=O)N2CC[C@]3(CCCN(C4CCOCC4)C3=O)C2)cs1. The Kier molecular flexibility index (Phi) is 5.06. The predicted molar refractivity (Wildman–Crippen MR) is 101 cm³/mol. The van der Waals surface area contributed by atoms with E-state index in [1.54, 1.807) is 11.3 Å². The van der Waals surface area contributed by atoms with Crippen LogP contribution in [0.4, 0.5) is 0 Å². The second-order valence-corrected chi connectivity index (χ2v) is 8.85. The minimum Gasteiger partial charge on any atom is -0.381 e. The zero-order valence-corrected chi connectivity index (χ0v) is 16.4. The van der Waals surface area contributed by atoms with Crippen molar-refractivity contribution in [3.05, 3.63) is 21.9 Å². The fraction of sp³-hybridized carbons (Fsp3) is 0.700. The van der Waals surface area contributed by atoms with Crippen LogP contribution in [0.25, 0.3) is 0 Å². The Hall–Kier alpha value is -1.40. The van der Waals surface area contributed by atoms with Gasteiger partial charge in [0, 0.05) is 49.1 Å². The first-order chi connectivity index (χ1) is 12.6. The van der Waals surface area contributed by atoms with Crippen LogP contribution < -0.4 is 0 Å². The lowest BCUT2D eigenvalue weighted by molar-refractivity contribution is -0.150. The molecule has 3 aliphatic rings. The maximum atomic E-state index is 13.4. The van der Waals surface area contributed by atoms with E-state index in [0.29, 0.717) is 19.1 Å². The summed E-state index contributed by atoms with van der Waals surface area (Å²) in [4.78, 5) is 31.5. The van der Waals surface area contributed by atoms with E-state index in [2.05, 4.69) is 11.8 Å². The molecule has 1 spiro atoms. The molecule has 3 saturated heterocycles. The molecule has 6 heteroatoms. The van der Waals surface area contributed by atoms with Gasteiger partial charge in [0.1, 0.15) is 0 Å². The van der Waals surface area contributed by atoms with Crippen LogP contribution in [-0.2, 0) is 16.0 Å². The van der Waals surface area contributed by atoms with Crippen molar-refractivity contribution in [2.45, 2.75) is 51.5 Å². The van der Waals surface area contributed by atoms with Gasteiger partial charge in [0.25, 0.3) is 5.91 Å². The standard InChI is InChI=1S/C20H28N2O3S/c1-2-17-12-15(13-26-17)18(23)21-9-7-20(14-21)6-3-8-22(19(20)24)16-4-10-25-11-5-16/h12-13,16H,2-11,14H2,1H3/t20-/m1/s1. The molecule has 0 unspecified atom stereocenters. The normalized spacial score (nSPS) is 27.5. The second kappa shape index (κ2) is 7.31. The number of piperidine rings is 1. The Bertz CT molecular complexity index is 682. The highest BCUT2D eigenvalue weighted by molar-refractivity contribution is 7.10. The molecule has 0 N–H and O–H groups in total. The van der Waals surface area contributed by atoms with E-state index < -0.39 is 0 Å². The molecular weight excluding hydrogens is 348 g/mol. The number of carbonyl (C=O) groups is 2. The van der Waals surface area contributed by atoms with E-state index in [1.165, 1.54) is 4.88 Å². The summed E-state index contributed by atoms with van der Waals surface area (Å²) in [5.74, 6) is 0.374. The van der Waals surface area contributed by atoms with Crippen LogP contribution in [0, 0.1) is 5.41 Å². The Morgan fingerprint density at radius 3 is 2.85 bits per heavy atom. The van der Waals surface area contributed by atoms with E-state index in [1.807, 2.05) is 16.3 Å². The molecule has 5 nitrogen and oxygen atoms in total. The van der Waals surface area contributed by atoms with Gasteiger partial charge < -0.3 is 14.5 Å². The first kappa shape index (κ1) is 18.0. The summed E-state index contributed by atoms with van der Waals surface area (Å²) < 4.78 is 5.46. The number of carbonyl (C=O) groups excluding carboxylic acids is 2. The molecule has 1 aromatic rings. The molecule has 0 aliphatic carbocycles. The Balaban J connectivity index is 1.47. The van der Waals surface area contributed by atoms with Crippen molar-refractivity contribution in [2.75, 3.05) is 32.8 Å². The third-order valence-electron chi connectivity index (χ3n) is 6.29. The Labute approximate surface area is 159 Å². The van der Waals surface area contributed by atoms with Gasteiger partial charge in [-0.25, -0.2) is 0 Å². The van der Waals surface area contributed by atoms with Crippen LogP contribution in [0.15, 0.2) is 11.4 Å². The van der Waals surface area contributed by atoms with Gasteiger partial charge in [-0.3, -0.25) is 9.59 Å². The zero-order chi connectivity index (χ0) is 18.1. The maximum absolute atomic E-state index is 13.4. The van der Waals surface area contributed by atoms with Gasteiger partial charge in [0.15, 0.2) is 0 Å². The summed E-state index contributed by atoms with van der Waals surface area (Å²) >= 11 is 1.65. The van der Waals surface area contributed by atoms with Gasteiger partial charge in [-0.15, -0.1) is 11.3 Å². The third-order valence-corrected chi connectivity index (χ3v) is 7.37. The van der Waals surface area contributed by atoms with Crippen molar-refractivity contribution in [3.8, 4) is 0 Å². The number of likely N-dealkylation sites (tertiary alicyclic amines) is 2. The van der Waals surface area contributed by atoms with Crippen LogP contribution in [-0.4, -0.2) is 60.5 Å². The number of rotatable bonds is 3. The molecule has 3 fully saturated rings. The van der Waals surface area contributed by atoms with E-state index in [0.717, 1.165) is 63.8 Å². The van der Waals surface area contributed by atoms with E-state index >= 15 is 0 Å². The fourth-order valence-electron chi connectivity index (χ4n) is 4.73. The fourth-order valence-corrected chi connectivity index (χ4v) is 5.54. The highest BCUT2D eigenvalue weighted by Crippen LogP contribution is 2.42. The number of nitrogens with zero attached hydrogens (tertiary/aromatic N) is 2. The van der Waals surface area contributed by atoms with E-state index in [-0.39, 0.29) is 17.2 Å². The monoisotopic (exact) mass is 376 g/mol. The van der Waals surface area contributed by atoms with Crippen molar-refractivity contribution in [2.24, 2.45) is 5.41 Å². The van der Waals surface area contributed by atoms with Crippen LogP contribution in [0.3, 0.4) is 0 Å². The van der Waals surface area contributed by atoms with Crippen molar-refractivity contribution in [3.63, 3.8) is 0 Å². The number of aryl methyl sites for hydroxylation is 1. The minimum atomic E-state index is -0.351. The molecule has 1 aromatic heterocycles. The van der Waals surface area contributed by atoms with Gasteiger partial charge in [0.05, 0.1) is 11.0 Å². The molecule has 4 rings (SSSR count). The lowest BCUT2D eigenvalue weighted by Crippen LogP contribution is -2.55. The average Bonchev–Trinajstić information content (AvgIpc) is 3.32. The van der Waals surface area contributed by atoms with Crippen LogP contribution in [0.2, 0.25) is 0 Å². The molecule has 4 heterocycles. The molecule has 0 aromatic carbocycles. The molecule has 2 amide bonds. The molecular formula is C20H28N2O3S. The first-order valence-electron chi connectivity index (χ1n) is 9.88. The second-order valence-electron chi connectivity index (χ2n) is 7.86. The van der Waals surface area contributed by atoms with Gasteiger partial charge in [-0.1, -0.05) is 6.92 Å². The Morgan fingerprint density at radius 1 is 1.31 bits per heavy atom. The lowest BCUT2D eigenvalue weighted by atomic mass is 9.77. The highest BCUT2D eigenvalue weighted by Gasteiger charge is 2.50. The number of amides is 2. The summed E-state index contributed by atoms with van der Waals surface area (Å²) in [6.45, 7) is 5.76. The zero-order valence-electron chi connectivity index (χ0n) is 15.5. The van der Waals surface area contributed by atoms with E-state index in [4.69, 9.17) is 4.74 Å². The summed E-state index contributed by atoms with van der Waals surface area (Å²) in [7, 11) is 0. The van der Waals surface area contributed by atoms with Crippen molar-refractivity contribution >= 4 is 23.2 Å². The van der Waals surface area contributed by atoms with Crippen molar-refractivity contribution in [1.82, 2.24) is 9.80 Å². The molecule has 26 heavy (non-hydrogen) atoms. The summed E-state index contributed by atoms with van der Waals surface area (Å²) in [5, 5.41) is 1.96. The highest BCUT2D eigenvalue weighted by atomic mass is 32.1. The molecule has 3 aliphatic heterocycles. The number of thiophene rings is 1. The number of ether oxygens (including phenoxy) is 1. The maximum Gasteiger partial charge on any atom is 0.254 e. The summed E-state index contributed by atoms with van der Waals surface area (Å²) in [6.07, 6.45) is 5.61. The van der Waals surface area contributed by atoms with Crippen LogP contribution in [0.5, 0.6) is 0 Å². The van der Waals surface area contributed by atoms with Crippen molar-refractivity contribution < 1.29 is 14.3 Å². The van der Waals surface area contributed by atoms with Gasteiger partial charge in [-0.05, 0) is 44.6 Å². The van der Waals surface area contributed by atoms with Crippen LogP contribution >= 0.6 is 11.3 Å². The lowest BCUT2D eigenvalue weighted by Gasteiger charge is -2.44. The first-order valence-corrected chi connectivity index (χ1v) is 10.8. The topological polar surface area (TPSA) is 49.9 Å². The number of hydrogen-bond donors (Lipinski definition) is 0. The molecule has 0 bridgehead atoms. The average molecular weight is 377 g/mol. The largest absolute Gasteiger partial charge is 0.381 e. The molecule has 142 valence electrons. The summed E-state index contributed by atoms with van der Waals surface area (Å²) in [6, 6.07) is 2.33. The predicted octanol–water partition coefficient (Wildman–Crippen LogP) is 2.94. The molecule has 1 atom stereocenters.